The minimum atomic E-state index is -1.37. The number of benzene rings is 2. The first kappa shape index (κ1) is 21.8. The lowest BCUT2D eigenvalue weighted by Crippen LogP contribution is -2.45. The Morgan fingerprint density at radius 3 is 2.78 bits per heavy atom. The molecule has 0 radical (unpaired) electrons. The Hall–Kier alpha value is -2.02. The number of rotatable bonds is 5. The molecule has 6 heteroatoms. The van der Waals surface area contributed by atoms with E-state index >= 15 is 0 Å². The van der Waals surface area contributed by atoms with Crippen LogP contribution in [0.4, 0.5) is 5.69 Å². The van der Waals surface area contributed by atoms with Gasteiger partial charge in [0.1, 0.15) is 0 Å². The number of anilines is 1. The number of aromatic nitrogens is 2. The van der Waals surface area contributed by atoms with Crippen LogP contribution in [0.2, 0.25) is 0 Å². The highest BCUT2D eigenvalue weighted by Gasteiger charge is 2.36. The van der Waals surface area contributed by atoms with Gasteiger partial charge >= 0.3 is 5.16 Å². The van der Waals surface area contributed by atoms with Crippen molar-refractivity contribution in [2.75, 3.05) is 11.4 Å². The smallest absolute Gasteiger partial charge is 0.327 e. The van der Waals surface area contributed by atoms with Gasteiger partial charge in [0.25, 0.3) is 0 Å². The van der Waals surface area contributed by atoms with Gasteiger partial charge < -0.3 is 14.8 Å². The van der Waals surface area contributed by atoms with Gasteiger partial charge in [-0.2, -0.15) is 4.98 Å². The number of hydrogen-bond acceptors (Lipinski definition) is 4. The molecule has 0 amide bonds. The zero-order valence-corrected chi connectivity index (χ0v) is 20.2. The van der Waals surface area contributed by atoms with Crippen molar-refractivity contribution >= 4 is 27.9 Å². The molecule has 32 heavy (non-hydrogen) atoms. The first-order chi connectivity index (χ1) is 15.5. The van der Waals surface area contributed by atoms with Crippen molar-refractivity contribution in [2.45, 2.75) is 87.5 Å². The van der Waals surface area contributed by atoms with Gasteiger partial charge in [-0.15, -0.1) is 0 Å². The van der Waals surface area contributed by atoms with Crippen molar-refractivity contribution in [3.63, 3.8) is 0 Å². The lowest BCUT2D eigenvalue weighted by molar-refractivity contribution is 0.313. The highest BCUT2D eigenvalue weighted by molar-refractivity contribution is 7.91. The molecule has 0 bridgehead atoms. The molecule has 3 unspecified atom stereocenters. The van der Waals surface area contributed by atoms with E-state index in [9.17, 15) is 4.55 Å². The van der Waals surface area contributed by atoms with Crippen LogP contribution in [-0.2, 0) is 11.2 Å². The predicted octanol–water partition coefficient (Wildman–Crippen LogP) is 5.62. The summed E-state index contributed by atoms with van der Waals surface area (Å²) in [5, 5.41) is 4.51. The van der Waals surface area contributed by atoms with E-state index in [4.69, 9.17) is 0 Å². The van der Waals surface area contributed by atoms with E-state index in [-0.39, 0.29) is 0 Å². The number of para-hydroxylation sites is 1. The fraction of sp³-hybridized carbons (Fsp3) is 0.500. The standard InChI is InChI=1S/C26H34N4OS/c1-4-30-18(3)16-22(27-19-9-6-5-7-10-19)20-11-8-12-24(25(20)30)32(31)26-28-21-14-13-17(2)15-23(21)29-26/h8,11-15,18-19,22,27H,4-7,9-10,16H2,1-3H3,(H,28,29). The molecule has 1 aromatic heterocycles. The van der Waals surface area contributed by atoms with Crippen LogP contribution in [0, 0.1) is 6.92 Å². The topological polar surface area (TPSA) is 67.0 Å². The average Bonchev–Trinajstić information content (AvgIpc) is 3.22. The summed E-state index contributed by atoms with van der Waals surface area (Å²) in [6.45, 7) is 7.45. The van der Waals surface area contributed by atoms with Crippen LogP contribution in [0.1, 0.15) is 69.5 Å². The quantitative estimate of drug-likeness (QED) is 0.495. The number of imidazole rings is 1. The SMILES string of the molecule is CCN1c2c(cccc2[S+]([O-])c2nc3ccc(C)cc3[nH]2)C(NC2CCCCC2)CC1C. The number of aryl methyl sites for hydroxylation is 1. The number of hydrogen-bond donors (Lipinski definition) is 2. The molecule has 0 spiro atoms. The summed E-state index contributed by atoms with van der Waals surface area (Å²) in [5.74, 6) is 0. The molecule has 1 saturated carbocycles. The van der Waals surface area contributed by atoms with Gasteiger partial charge in [-0.1, -0.05) is 37.5 Å². The second-order valence-electron chi connectivity index (χ2n) is 9.45. The molecule has 2 aromatic carbocycles. The maximum Gasteiger partial charge on any atom is 0.327 e. The van der Waals surface area contributed by atoms with E-state index in [2.05, 4.69) is 59.2 Å². The molecule has 2 N–H and O–H groups in total. The van der Waals surface area contributed by atoms with Gasteiger partial charge in [-0.25, -0.2) is 0 Å². The summed E-state index contributed by atoms with van der Waals surface area (Å²) in [4.78, 5) is 11.3. The molecule has 1 aliphatic carbocycles. The fourth-order valence-electron chi connectivity index (χ4n) is 5.57. The first-order valence-electron chi connectivity index (χ1n) is 12.1. The Kier molecular flexibility index (Phi) is 6.19. The monoisotopic (exact) mass is 450 g/mol. The molecule has 5 rings (SSSR count). The normalized spacial score (nSPS) is 22.8. The lowest BCUT2D eigenvalue weighted by Gasteiger charge is -2.42. The maximum atomic E-state index is 13.8. The third-order valence-electron chi connectivity index (χ3n) is 7.18. The van der Waals surface area contributed by atoms with Crippen LogP contribution < -0.4 is 10.2 Å². The molecule has 2 aliphatic rings. The second-order valence-corrected chi connectivity index (χ2v) is 10.8. The van der Waals surface area contributed by atoms with Crippen molar-refractivity contribution in [3.05, 3.63) is 47.5 Å². The molecular formula is C26H34N4OS. The summed E-state index contributed by atoms with van der Waals surface area (Å²) in [6.07, 6.45) is 7.62. The van der Waals surface area contributed by atoms with Crippen LogP contribution in [0.5, 0.6) is 0 Å². The summed E-state index contributed by atoms with van der Waals surface area (Å²) < 4.78 is 13.8. The van der Waals surface area contributed by atoms with E-state index in [1.807, 2.05) is 18.2 Å². The molecule has 3 aromatic rings. The Balaban J connectivity index is 1.53. The Bertz CT molecular complexity index is 1090. The van der Waals surface area contributed by atoms with Gasteiger partial charge in [0.15, 0.2) is 4.90 Å². The molecule has 170 valence electrons. The zero-order valence-electron chi connectivity index (χ0n) is 19.4. The van der Waals surface area contributed by atoms with Gasteiger partial charge in [0, 0.05) is 24.7 Å². The third-order valence-corrected chi connectivity index (χ3v) is 8.45. The Morgan fingerprint density at radius 2 is 2.00 bits per heavy atom. The van der Waals surface area contributed by atoms with Crippen molar-refractivity contribution in [1.82, 2.24) is 15.3 Å². The molecular weight excluding hydrogens is 416 g/mol. The number of nitrogens with one attached hydrogen (secondary N) is 2. The van der Waals surface area contributed by atoms with Gasteiger partial charge in [0.05, 0.1) is 27.9 Å². The summed E-state index contributed by atoms with van der Waals surface area (Å²) >= 11 is -1.37. The lowest BCUT2D eigenvalue weighted by atomic mass is 9.88. The highest BCUT2D eigenvalue weighted by Crippen LogP contribution is 2.43. The second kappa shape index (κ2) is 9.08. The van der Waals surface area contributed by atoms with Crippen LogP contribution in [0.3, 0.4) is 0 Å². The highest BCUT2D eigenvalue weighted by atomic mass is 32.2. The number of aromatic amines is 1. The van der Waals surface area contributed by atoms with Crippen molar-refractivity contribution in [2.24, 2.45) is 0 Å². The minimum Gasteiger partial charge on any atom is -0.604 e. The summed E-state index contributed by atoms with van der Waals surface area (Å²) in [7, 11) is 0. The number of H-pyrrole nitrogens is 1. The number of nitrogens with zero attached hydrogens (tertiary/aromatic N) is 2. The summed E-state index contributed by atoms with van der Waals surface area (Å²) in [5.41, 5.74) is 5.39. The maximum absolute atomic E-state index is 13.8. The molecule has 0 saturated heterocycles. The van der Waals surface area contributed by atoms with Crippen LogP contribution in [-0.4, -0.2) is 33.1 Å². The first-order valence-corrected chi connectivity index (χ1v) is 13.2. The van der Waals surface area contributed by atoms with E-state index in [0.717, 1.165) is 40.1 Å². The van der Waals surface area contributed by atoms with Crippen molar-refractivity contribution in [3.8, 4) is 0 Å². The fourth-order valence-corrected chi connectivity index (χ4v) is 6.77. The van der Waals surface area contributed by atoms with Gasteiger partial charge in [-0.05, 0) is 69.4 Å². The average molecular weight is 451 g/mol. The van der Waals surface area contributed by atoms with Crippen molar-refractivity contribution < 1.29 is 4.55 Å². The molecule has 2 heterocycles. The van der Waals surface area contributed by atoms with Crippen LogP contribution in [0.15, 0.2) is 46.5 Å². The van der Waals surface area contributed by atoms with Gasteiger partial charge in [0.2, 0.25) is 0 Å². The van der Waals surface area contributed by atoms with E-state index in [1.54, 1.807) is 0 Å². The van der Waals surface area contributed by atoms with Crippen LogP contribution in [0.25, 0.3) is 11.0 Å². The third kappa shape index (κ3) is 4.04. The number of fused-ring (bicyclic) bond motifs is 2. The van der Waals surface area contributed by atoms with Gasteiger partial charge in [-0.3, -0.25) is 4.98 Å². The molecule has 1 fully saturated rings. The minimum absolute atomic E-state index is 0.307. The summed E-state index contributed by atoms with van der Waals surface area (Å²) in [6, 6.07) is 13.7. The molecule has 1 aliphatic heterocycles. The Morgan fingerprint density at radius 1 is 1.19 bits per heavy atom. The predicted molar refractivity (Wildman–Crippen MR) is 132 cm³/mol. The van der Waals surface area contributed by atoms with E-state index in [0.29, 0.717) is 23.3 Å². The van der Waals surface area contributed by atoms with Crippen LogP contribution >= 0.6 is 0 Å². The Labute approximate surface area is 194 Å². The molecule has 3 atom stereocenters. The van der Waals surface area contributed by atoms with E-state index in [1.165, 1.54) is 37.7 Å². The molecule has 5 nitrogen and oxygen atoms in total. The largest absolute Gasteiger partial charge is 0.604 e. The van der Waals surface area contributed by atoms with Crippen molar-refractivity contribution in [1.29, 1.82) is 0 Å². The van der Waals surface area contributed by atoms with E-state index < -0.39 is 11.2 Å². The zero-order chi connectivity index (χ0) is 22.2.